The first-order valence-electron chi connectivity index (χ1n) is 9.01. The number of aromatic nitrogens is 4. The Morgan fingerprint density at radius 3 is 2.86 bits per heavy atom. The second kappa shape index (κ2) is 6.69. The third kappa shape index (κ3) is 2.90. The Hall–Kier alpha value is -3.32. The summed E-state index contributed by atoms with van der Waals surface area (Å²) in [6, 6.07) is 9.86. The van der Waals surface area contributed by atoms with E-state index in [2.05, 4.69) is 26.4 Å². The summed E-state index contributed by atoms with van der Waals surface area (Å²) < 4.78 is 1.81. The molecular weight excluding hydrogens is 370 g/mol. The van der Waals surface area contributed by atoms with Gasteiger partial charge in [-0.05, 0) is 43.2 Å². The molecule has 0 saturated heterocycles. The zero-order chi connectivity index (χ0) is 19.1. The second-order valence-electron chi connectivity index (χ2n) is 6.68. The topological polar surface area (TPSA) is 63.9 Å². The van der Waals surface area contributed by atoms with Crippen LogP contribution in [0.1, 0.15) is 20.9 Å². The molecule has 1 aliphatic heterocycles. The van der Waals surface area contributed by atoms with Gasteiger partial charge in [0.1, 0.15) is 12.1 Å². The highest BCUT2D eigenvalue weighted by Gasteiger charge is 2.26. The molecule has 138 valence electrons. The number of pyridine rings is 1. The molecule has 7 heteroatoms. The van der Waals surface area contributed by atoms with Crippen molar-refractivity contribution < 1.29 is 4.79 Å². The number of rotatable bonds is 3. The van der Waals surface area contributed by atoms with E-state index in [1.165, 1.54) is 5.56 Å². The number of fused-ring (bicyclic) bond motifs is 1. The van der Waals surface area contributed by atoms with Gasteiger partial charge in [-0.1, -0.05) is 6.07 Å². The fraction of sp³-hybridized carbons (Fsp3) is 0.143. The molecule has 0 atom stereocenters. The molecule has 1 aliphatic rings. The summed E-state index contributed by atoms with van der Waals surface area (Å²) in [5, 5.41) is 3.13. The highest BCUT2D eigenvalue weighted by atomic mass is 32.1. The van der Waals surface area contributed by atoms with Gasteiger partial charge in [0.2, 0.25) is 0 Å². The number of carbonyl (C=O) groups is 1. The van der Waals surface area contributed by atoms with Crippen LogP contribution in [-0.2, 0) is 6.42 Å². The Kier molecular flexibility index (Phi) is 4.02. The molecule has 6 nitrogen and oxygen atoms in total. The van der Waals surface area contributed by atoms with Crippen molar-refractivity contribution in [1.29, 1.82) is 0 Å². The molecule has 0 radical (unpaired) electrons. The first-order chi connectivity index (χ1) is 13.7. The Bertz CT molecular complexity index is 1150. The van der Waals surface area contributed by atoms with Gasteiger partial charge in [-0.25, -0.2) is 15.0 Å². The molecule has 0 unspecified atom stereocenters. The van der Waals surface area contributed by atoms with E-state index in [1.807, 2.05) is 42.3 Å². The number of hydrogen-bond donors (Lipinski definition) is 0. The monoisotopic (exact) mass is 387 g/mol. The number of imidazole rings is 1. The summed E-state index contributed by atoms with van der Waals surface area (Å²) in [6.45, 7) is 2.69. The molecule has 0 fully saturated rings. The highest BCUT2D eigenvalue weighted by molar-refractivity contribution is 7.09. The summed E-state index contributed by atoms with van der Waals surface area (Å²) in [7, 11) is 0. The van der Waals surface area contributed by atoms with Gasteiger partial charge < -0.3 is 4.90 Å². The lowest BCUT2D eigenvalue weighted by Gasteiger charge is -2.17. The molecule has 4 heterocycles. The lowest BCUT2D eigenvalue weighted by molar-refractivity contribution is 0.0989. The van der Waals surface area contributed by atoms with Gasteiger partial charge in [0.25, 0.3) is 5.91 Å². The average Bonchev–Trinajstić information content (AvgIpc) is 3.47. The molecule has 1 amide bonds. The lowest BCUT2D eigenvalue weighted by atomic mass is 10.1. The standard InChI is InChI=1S/C21H17N5OS/c1-14-24-18(12-28-14)15-2-4-19-16(10-15)6-8-26(19)21(27)17-3-5-20(23-11-17)25-9-7-22-13-25/h2-5,7,9-13H,6,8H2,1H3. The average molecular weight is 387 g/mol. The molecule has 0 bridgehead atoms. The van der Waals surface area contributed by atoms with Crippen LogP contribution < -0.4 is 4.90 Å². The van der Waals surface area contributed by atoms with Gasteiger partial charge >= 0.3 is 0 Å². The minimum absolute atomic E-state index is 0.0271. The van der Waals surface area contributed by atoms with Crippen molar-refractivity contribution in [2.75, 3.05) is 11.4 Å². The first kappa shape index (κ1) is 16.8. The van der Waals surface area contributed by atoms with Crippen LogP contribution in [0.4, 0.5) is 5.69 Å². The lowest BCUT2D eigenvalue weighted by Crippen LogP contribution is -2.29. The van der Waals surface area contributed by atoms with Gasteiger partial charge in [0.15, 0.2) is 0 Å². The maximum Gasteiger partial charge on any atom is 0.259 e. The molecule has 5 rings (SSSR count). The molecule has 3 aromatic heterocycles. The Morgan fingerprint density at radius 2 is 2.14 bits per heavy atom. The van der Waals surface area contributed by atoms with Gasteiger partial charge in [0, 0.05) is 41.8 Å². The quantitative estimate of drug-likeness (QED) is 0.535. The Balaban J connectivity index is 1.40. The molecular formula is C21H17N5OS. The van der Waals surface area contributed by atoms with Crippen molar-refractivity contribution >= 4 is 22.9 Å². The van der Waals surface area contributed by atoms with E-state index in [0.717, 1.165) is 34.2 Å². The number of nitrogens with zero attached hydrogens (tertiary/aromatic N) is 5. The van der Waals surface area contributed by atoms with Gasteiger partial charge in [-0.3, -0.25) is 9.36 Å². The molecule has 0 spiro atoms. The summed E-state index contributed by atoms with van der Waals surface area (Å²) in [5.74, 6) is 0.708. The van der Waals surface area contributed by atoms with Crippen molar-refractivity contribution in [2.24, 2.45) is 0 Å². The van der Waals surface area contributed by atoms with Gasteiger partial charge in [-0.2, -0.15) is 0 Å². The van der Waals surface area contributed by atoms with Crippen molar-refractivity contribution in [3.8, 4) is 17.1 Å². The van der Waals surface area contributed by atoms with Crippen LogP contribution in [0.3, 0.4) is 0 Å². The fourth-order valence-corrected chi connectivity index (χ4v) is 4.11. The van der Waals surface area contributed by atoms with Crippen LogP contribution in [0.25, 0.3) is 17.1 Å². The maximum absolute atomic E-state index is 13.0. The zero-order valence-corrected chi connectivity index (χ0v) is 16.1. The number of aryl methyl sites for hydroxylation is 1. The first-order valence-corrected chi connectivity index (χ1v) is 9.89. The van der Waals surface area contributed by atoms with E-state index >= 15 is 0 Å². The van der Waals surface area contributed by atoms with Crippen molar-refractivity contribution in [1.82, 2.24) is 19.5 Å². The van der Waals surface area contributed by atoms with E-state index in [4.69, 9.17) is 0 Å². The van der Waals surface area contributed by atoms with Crippen molar-refractivity contribution in [3.05, 3.63) is 76.8 Å². The summed E-state index contributed by atoms with van der Waals surface area (Å²) in [5.41, 5.74) is 4.83. The van der Waals surface area contributed by atoms with Crippen LogP contribution in [0, 0.1) is 6.92 Å². The Morgan fingerprint density at radius 1 is 1.21 bits per heavy atom. The fourth-order valence-electron chi connectivity index (χ4n) is 3.48. The van der Waals surface area contributed by atoms with Crippen LogP contribution in [0.15, 0.2) is 60.6 Å². The molecule has 0 aliphatic carbocycles. The Labute approximate surface area is 166 Å². The maximum atomic E-state index is 13.0. The minimum atomic E-state index is -0.0271. The second-order valence-corrected chi connectivity index (χ2v) is 7.74. The van der Waals surface area contributed by atoms with Crippen LogP contribution in [0.2, 0.25) is 0 Å². The minimum Gasteiger partial charge on any atom is -0.308 e. The number of benzene rings is 1. The summed E-state index contributed by atoms with van der Waals surface area (Å²) in [4.78, 5) is 27.8. The molecule has 4 aromatic rings. The van der Waals surface area contributed by atoms with Crippen molar-refractivity contribution in [2.45, 2.75) is 13.3 Å². The SMILES string of the molecule is Cc1nc(-c2ccc3c(c2)CCN3C(=O)c2ccc(-n3ccnc3)nc2)cs1. The number of amides is 1. The van der Waals surface area contributed by atoms with E-state index < -0.39 is 0 Å². The molecule has 0 N–H and O–H groups in total. The number of thiazole rings is 1. The molecule has 0 saturated carbocycles. The van der Waals surface area contributed by atoms with E-state index in [-0.39, 0.29) is 5.91 Å². The third-order valence-corrected chi connectivity index (χ3v) is 5.67. The van der Waals surface area contributed by atoms with Crippen molar-refractivity contribution in [3.63, 3.8) is 0 Å². The van der Waals surface area contributed by atoms with Crippen LogP contribution >= 0.6 is 11.3 Å². The number of carbonyl (C=O) groups excluding carboxylic acids is 1. The molecule has 28 heavy (non-hydrogen) atoms. The van der Waals surface area contributed by atoms with Gasteiger partial charge in [0.05, 0.1) is 16.3 Å². The number of anilines is 1. The predicted octanol–water partition coefficient (Wildman–Crippen LogP) is 3.90. The normalized spacial score (nSPS) is 13.0. The van der Waals surface area contributed by atoms with Crippen LogP contribution in [0.5, 0.6) is 0 Å². The highest BCUT2D eigenvalue weighted by Crippen LogP contribution is 2.33. The smallest absolute Gasteiger partial charge is 0.259 e. The van der Waals surface area contributed by atoms with E-state index in [0.29, 0.717) is 12.1 Å². The summed E-state index contributed by atoms with van der Waals surface area (Å²) >= 11 is 1.65. The van der Waals surface area contributed by atoms with E-state index in [9.17, 15) is 4.79 Å². The largest absolute Gasteiger partial charge is 0.308 e. The van der Waals surface area contributed by atoms with Crippen LogP contribution in [-0.4, -0.2) is 32.0 Å². The zero-order valence-electron chi connectivity index (χ0n) is 15.2. The summed E-state index contributed by atoms with van der Waals surface area (Å²) in [6.07, 6.45) is 7.67. The predicted molar refractivity (Wildman–Crippen MR) is 109 cm³/mol. The van der Waals surface area contributed by atoms with Gasteiger partial charge in [-0.15, -0.1) is 11.3 Å². The molecule has 1 aromatic carbocycles. The van der Waals surface area contributed by atoms with E-state index in [1.54, 1.807) is 34.6 Å². The third-order valence-electron chi connectivity index (χ3n) is 4.90. The number of hydrogen-bond acceptors (Lipinski definition) is 5.